The van der Waals surface area contributed by atoms with Crippen molar-refractivity contribution in [3.05, 3.63) is 0 Å². The van der Waals surface area contributed by atoms with Gasteiger partial charge in [0.2, 0.25) is 0 Å². The van der Waals surface area contributed by atoms with E-state index in [9.17, 15) is 13.9 Å². The Balaban J connectivity index is 3.48. The van der Waals surface area contributed by atoms with E-state index in [0.717, 1.165) is 0 Å². The number of hydrogen-bond donors (Lipinski definition) is 0. The second kappa shape index (κ2) is 10.1. The zero-order chi connectivity index (χ0) is 19.8. The van der Waals surface area contributed by atoms with E-state index in [-0.39, 0.29) is 39.5 Å². The summed E-state index contributed by atoms with van der Waals surface area (Å²) in [5, 5.41) is 5.76. The summed E-state index contributed by atoms with van der Waals surface area (Å²) >= 11 is 0. The van der Waals surface area contributed by atoms with Crippen LogP contribution in [0.3, 0.4) is 0 Å². The predicted molar refractivity (Wildman–Crippen MR) is 94.3 cm³/mol. The highest BCUT2D eigenvalue weighted by molar-refractivity contribution is 7.74. The molecule has 0 saturated carbocycles. The predicted octanol–water partition coefficient (Wildman–Crippen LogP) is 3.96. The van der Waals surface area contributed by atoms with Crippen LogP contribution in [0.5, 0.6) is 0 Å². The summed E-state index contributed by atoms with van der Waals surface area (Å²) in [6, 6.07) is -1.10. The van der Waals surface area contributed by atoms with E-state index in [1.54, 1.807) is 34.6 Å². The lowest BCUT2D eigenvalue weighted by Gasteiger charge is -2.36. The minimum absolute atomic E-state index is 0.0108. The quantitative estimate of drug-likeness (QED) is 0.347. The molecule has 0 spiro atoms. The summed E-state index contributed by atoms with van der Waals surface area (Å²) in [5.74, 6) is -0.669. The van der Waals surface area contributed by atoms with E-state index in [1.807, 2.05) is 0 Å². The van der Waals surface area contributed by atoms with Crippen LogP contribution in [0.15, 0.2) is 10.2 Å². The molecule has 1 atom stereocenters. The highest BCUT2D eigenvalue weighted by Gasteiger charge is 2.70. The summed E-state index contributed by atoms with van der Waals surface area (Å²) in [5.41, 5.74) is 0. The number of ether oxygens (including phenoxy) is 1. The van der Waals surface area contributed by atoms with Crippen molar-refractivity contribution in [1.29, 1.82) is 0 Å². The van der Waals surface area contributed by atoms with Crippen molar-refractivity contribution in [2.75, 3.05) is 33.0 Å². The lowest BCUT2D eigenvalue weighted by Crippen LogP contribution is -2.33. The summed E-state index contributed by atoms with van der Waals surface area (Å²) in [6.45, 7) is 8.28. The minimum Gasteiger partial charge on any atom is -0.464 e. The van der Waals surface area contributed by atoms with Crippen molar-refractivity contribution in [2.45, 2.75) is 52.1 Å². The van der Waals surface area contributed by atoms with E-state index in [0.29, 0.717) is 0 Å². The van der Waals surface area contributed by atoms with Crippen molar-refractivity contribution in [2.24, 2.45) is 10.2 Å². The van der Waals surface area contributed by atoms with Crippen LogP contribution in [-0.2, 0) is 36.8 Å². The van der Waals surface area contributed by atoms with Crippen LogP contribution < -0.4 is 0 Å². The standard InChI is InChI=1S/C14H28N2O8P2/c1-6-20-13(17)12-11-14(16-15-12,25(18,21-7-2)22-8-3)26(19,23-9-4)24-10-5/h12H,6-11H2,1-5H3. The van der Waals surface area contributed by atoms with Gasteiger partial charge >= 0.3 is 21.2 Å². The van der Waals surface area contributed by atoms with Crippen LogP contribution in [0.4, 0.5) is 0 Å². The van der Waals surface area contributed by atoms with Gasteiger partial charge in [-0.05, 0) is 34.6 Å². The SMILES string of the molecule is CCOC(=O)C1CC(P(=O)(OCC)OCC)(P(=O)(OCC)OCC)N=N1. The van der Waals surface area contributed by atoms with Crippen LogP contribution in [-0.4, -0.2) is 50.1 Å². The minimum atomic E-state index is -4.16. The normalized spacial score (nSPS) is 19.7. The number of azo groups is 1. The smallest absolute Gasteiger partial charge is 0.372 e. The average molecular weight is 414 g/mol. The van der Waals surface area contributed by atoms with Gasteiger partial charge < -0.3 is 22.8 Å². The molecule has 0 amide bonds. The Morgan fingerprint density at radius 3 is 1.65 bits per heavy atom. The molecular formula is C14H28N2O8P2. The van der Waals surface area contributed by atoms with Crippen LogP contribution in [0, 0.1) is 0 Å². The number of rotatable bonds is 12. The maximum atomic E-state index is 13.6. The zero-order valence-corrected chi connectivity index (χ0v) is 17.7. The van der Waals surface area contributed by atoms with Gasteiger partial charge in [-0.3, -0.25) is 9.13 Å². The molecule has 0 aliphatic carbocycles. The number of hydrogen-bond acceptors (Lipinski definition) is 10. The molecule has 12 heteroatoms. The zero-order valence-electron chi connectivity index (χ0n) is 15.9. The maximum absolute atomic E-state index is 13.6. The van der Waals surface area contributed by atoms with Crippen LogP contribution in [0.25, 0.3) is 0 Å². The fraction of sp³-hybridized carbons (Fsp3) is 0.929. The molecule has 0 aromatic heterocycles. The van der Waals surface area contributed by atoms with Crippen LogP contribution >= 0.6 is 15.2 Å². The Morgan fingerprint density at radius 1 is 0.885 bits per heavy atom. The number of carbonyl (C=O) groups excluding carboxylic acids is 1. The van der Waals surface area contributed by atoms with Crippen molar-refractivity contribution < 1.29 is 36.8 Å². The summed E-state index contributed by atoms with van der Waals surface area (Å²) in [4.78, 5) is 12.1. The molecule has 152 valence electrons. The van der Waals surface area contributed by atoms with Gasteiger partial charge in [0.05, 0.1) is 33.0 Å². The van der Waals surface area contributed by atoms with Gasteiger partial charge in [0.1, 0.15) is 0 Å². The van der Waals surface area contributed by atoms with Crippen molar-refractivity contribution in [3.63, 3.8) is 0 Å². The first-order valence-electron chi connectivity index (χ1n) is 8.66. The topological polar surface area (TPSA) is 122 Å². The fourth-order valence-corrected chi connectivity index (χ4v) is 7.87. The largest absolute Gasteiger partial charge is 0.464 e. The van der Waals surface area contributed by atoms with E-state index < -0.39 is 32.2 Å². The Hall–Kier alpha value is -0.630. The van der Waals surface area contributed by atoms with Gasteiger partial charge in [0.25, 0.3) is 5.02 Å². The third kappa shape index (κ3) is 4.43. The summed E-state index contributed by atoms with van der Waals surface area (Å²) in [6.07, 6.45) is -0.319. The average Bonchev–Trinajstić information content (AvgIpc) is 3.04. The highest BCUT2D eigenvalue weighted by Crippen LogP contribution is 2.81. The molecule has 0 aromatic carbocycles. The Bertz CT molecular complexity index is 547. The molecular weight excluding hydrogens is 386 g/mol. The van der Waals surface area contributed by atoms with Crippen molar-refractivity contribution in [1.82, 2.24) is 0 Å². The molecule has 1 rings (SSSR count). The summed E-state index contributed by atoms with van der Waals surface area (Å²) < 4.78 is 53.6. The van der Waals surface area contributed by atoms with Gasteiger partial charge in [-0.2, -0.15) is 10.2 Å². The maximum Gasteiger partial charge on any atom is 0.372 e. The Labute approximate surface area is 154 Å². The molecule has 0 N–H and O–H groups in total. The first-order valence-corrected chi connectivity index (χ1v) is 11.7. The monoisotopic (exact) mass is 414 g/mol. The third-order valence-electron chi connectivity index (χ3n) is 3.46. The lowest BCUT2D eigenvalue weighted by atomic mass is 10.2. The fourth-order valence-electron chi connectivity index (χ4n) is 2.52. The molecule has 0 aromatic rings. The van der Waals surface area contributed by atoms with E-state index >= 15 is 0 Å². The van der Waals surface area contributed by atoms with Crippen molar-refractivity contribution >= 4 is 21.2 Å². The van der Waals surface area contributed by atoms with E-state index in [1.165, 1.54) is 0 Å². The molecule has 0 saturated heterocycles. The van der Waals surface area contributed by atoms with E-state index in [4.69, 9.17) is 22.8 Å². The first-order chi connectivity index (χ1) is 12.3. The van der Waals surface area contributed by atoms with Gasteiger partial charge in [-0.15, -0.1) is 0 Å². The highest BCUT2D eigenvalue weighted by atomic mass is 31.2. The van der Waals surface area contributed by atoms with Gasteiger partial charge in [-0.25, -0.2) is 4.79 Å². The molecule has 1 unspecified atom stereocenters. The Kier molecular flexibility index (Phi) is 9.06. The second-order valence-corrected chi connectivity index (χ2v) is 9.98. The number of esters is 1. The molecule has 1 heterocycles. The van der Waals surface area contributed by atoms with Gasteiger partial charge in [-0.1, -0.05) is 0 Å². The molecule has 1 aliphatic rings. The number of carbonyl (C=O) groups is 1. The second-order valence-electron chi connectivity index (χ2n) is 5.13. The van der Waals surface area contributed by atoms with E-state index in [2.05, 4.69) is 10.2 Å². The molecule has 0 radical (unpaired) electrons. The molecule has 0 bridgehead atoms. The number of nitrogens with zero attached hydrogens (tertiary/aromatic N) is 2. The molecule has 26 heavy (non-hydrogen) atoms. The third-order valence-corrected chi connectivity index (χ3v) is 9.62. The molecule has 1 aliphatic heterocycles. The van der Waals surface area contributed by atoms with Gasteiger partial charge in [0, 0.05) is 6.42 Å². The lowest BCUT2D eigenvalue weighted by molar-refractivity contribution is -0.144. The summed E-state index contributed by atoms with van der Waals surface area (Å²) in [7, 11) is -8.31. The van der Waals surface area contributed by atoms with Crippen LogP contribution in [0.1, 0.15) is 41.0 Å². The molecule has 10 nitrogen and oxygen atoms in total. The Morgan fingerprint density at radius 2 is 1.31 bits per heavy atom. The van der Waals surface area contributed by atoms with Crippen molar-refractivity contribution in [3.8, 4) is 0 Å². The first kappa shape index (κ1) is 23.4. The van der Waals surface area contributed by atoms with Crippen LogP contribution in [0.2, 0.25) is 0 Å². The molecule has 0 fully saturated rings. The van der Waals surface area contributed by atoms with Gasteiger partial charge in [0.15, 0.2) is 6.04 Å².